The molecule has 0 radical (unpaired) electrons. The summed E-state index contributed by atoms with van der Waals surface area (Å²) in [5.74, 6) is -3.66. The lowest BCUT2D eigenvalue weighted by Crippen LogP contribution is -2.29. The van der Waals surface area contributed by atoms with Crippen molar-refractivity contribution in [1.82, 2.24) is 0 Å². The molecule has 0 rings (SSSR count). The van der Waals surface area contributed by atoms with Crippen LogP contribution < -0.4 is 34.4 Å². The Hall–Kier alpha value is -9.26. The van der Waals surface area contributed by atoms with E-state index < -0.39 is 72.1 Å². The lowest BCUT2D eigenvalue weighted by Gasteiger charge is -2.06. The van der Waals surface area contributed by atoms with Gasteiger partial charge in [0.15, 0.2) is 0 Å². The van der Waals surface area contributed by atoms with Crippen LogP contribution in [0.4, 0.5) is 0 Å². The van der Waals surface area contributed by atoms with E-state index in [-0.39, 0.29) is 67.8 Å². The number of hydrogen-bond acceptors (Lipinski definition) is 24. The molecule has 0 unspecified atom stereocenters. The summed E-state index contributed by atoms with van der Waals surface area (Å²) in [6, 6.07) is -4.85. The number of carboxylic acid groups (broad SMARTS) is 6. The third kappa shape index (κ3) is 87.0. The Balaban J connectivity index is -0.000000277. The summed E-state index contributed by atoms with van der Waals surface area (Å²) < 4.78 is 9.81. The number of carboxylic acids is 6. The largest absolute Gasteiger partial charge is 0.480 e. The van der Waals surface area contributed by atoms with Crippen molar-refractivity contribution < 1.29 is 97.6 Å². The van der Waals surface area contributed by atoms with Crippen molar-refractivity contribution in [3.8, 4) is 12.3 Å². The van der Waals surface area contributed by atoms with Crippen molar-refractivity contribution in [1.29, 1.82) is 0 Å². The van der Waals surface area contributed by atoms with E-state index in [1.165, 1.54) is 0 Å². The minimum absolute atomic E-state index is 0.0694. The molecule has 0 aliphatic rings. The average molecular weight is 1480 g/mol. The number of carbonyl (C=O) groups excluding carboxylic acids is 6. The number of unbranched alkanes of at least 4 members (excludes halogenated alkanes) is 13. The second kappa shape index (κ2) is 79.4. The maximum atomic E-state index is 11.5. The van der Waals surface area contributed by atoms with E-state index in [1.54, 1.807) is 6.08 Å². The molecule has 0 aliphatic heterocycles. The van der Waals surface area contributed by atoms with E-state index in [4.69, 9.17) is 103 Å². The molecule has 0 aromatic heterocycles. The topological polar surface area (TPSA) is 696 Å². The standard InChI is InChI=1S/C12H22N4O3.C12H19NO4.C12H21NO3.C11H20N4O4.C10H18N4O3.C9H16N4O3/c13-11(12(18)19)8-3-1-2-6-10(17)7-4-5-9-15-16-14;1-2-3-9-17-11(14)8-6-4-5-7-10(13)12(15)16;1-2-3-7-10(14)8-5-4-6-9-11(13)12(15)16;12-9(11(17)18)5-2-4-8-19-10(16)6-1-3-7-14-15-13;11-9(10(16)17)5-3-1-2-4-8(15)6-7-13-14-12;10-8(9(15)16)5-3-1-2-4-7(14)6-12-13-11/h11H,1-9,13H2,(H,18,19);1,10H,3-9,13H2,(H,15,16);2,11H,1,3-9,13H2,(H,15,16);9H,1-8,12H2,(H,17,18);9H,1-7,11H2,(H,16,17);8H,1-6,10H2,(H,15,16)/t11-;10-;11-;2*9-;8-/m000000/s1. The predicted octanol–water partition coefficient (Wildman–Crippen LogP) is 9.64. The first-order valence-electron chi connectivity index (χ1n) is 34.8. The number of aliphatic carboxylic acids is 6. The van der Waals surface area contributed by atoms with Gasteiger partial charge in [-0.15, -0.1) is 18.9 Å². The van der Waals surface area contributed by atoms with Crippen molar-refractivity contribution in [3.05, 3.63) is 54.4 Å². The highest BCUT2D eigenvalue weighted by molar-refractivity contribution is 5.81. The van der Waals surface area contributed by atoms with Crippen molar-refractivity contribution in [2.75, 3.05) is 39.4 Å². The third-order valence-corrected chi connectivity index (χ3v) is 14.3. The first-order valence-corrected chi connectivity index (χ1v) is 34.8. The van der Waals surface area contributed by atoms with Crippen LogP contribution in [0, 0.1) is 12.3 Å². The molecular weight excluding hydrogens is 1360 g/mol. The SMILES string of the molecule is C#CCCOC(=O)CCCCC[C@H](N)C(=O)O.C=CCCC(=O)CCCCC[C@H](N)C(=O)O.[N-]=[N+]=NCC(=O)CCCCC[C@H](N)C(=O)O.[N-]=[N+]=NCCC(=O)CCCCC[C@H](N)C(=O)O.[N-]=[N+]=NCCCCC(=O)CCCCC[C@H](N)C(=O)O.[N-]=[N+]=NCCCCC(=O)OCCCC[C@H](N)C(=O)O. The van der Waals surface area contributed by atoms with Gasteiger partial charge in [0.25, 0.3) is 0 Å². The summed E-state index contributed by atoms with van der Waals surface area (Å²) in [7, 11) is 0. The molecule has 38 heteroatoms. The van der Waals surface area contributed by atoms with Crippen LogP contribution in [0.5, 0.6) is 0 Å². The van der Waals surface area contributed by atoms with Crippen LogP contribution >= 0.6 is 0 Å². The third-order valence-electron chi connectivity index (χ3n) is 14.3. The van der Waals surface area contributed by atoms with Crippen LogP contribution in [-0.4, -0.2) is 177 Å². The van der Waals surface area contributed by atoms with E-state index in [9.17, 15) is 57.5 Å². The molecule has 0 saturated heterocycles. The minimum Gasteiger partial charge on any atom is -0.480 e. The maximum absolute atomic E-state index is 11.5. The first kappa shape index (κ1) is 106. The van der Waals surface area contributed by atoms with Gasteiger partial charge < -0.3 is 74.5 Å². The van der Waals surface area contributed by atoms with E-state index in [2.05, 4.69) is 52.6 Å². The number of carbonyl (C=O) groups is 12. The molecule has 0 aromatic rings. The van der Waals surface area contributed by atoms with Crippen molar-refractivity contribution in [2.45, 2.75) is 280 Å². The van der Waals surface area contributed by atoms with Gasteiger partial charge >= 0.3 is 47.8 Å². The number of Topliss-reactive ketones (excluding diaryl/α,β-unsaturated/α-hetero) is 4. The molecule has 0 spiro atoms. The molecule has 0 saturated carbocycles. The summed E-state index contributed by atoms with van der Waals surface area (Å²) in [5, 5.41) is 64.4. The number of hydrogen-bond donors (Lipinski definition) is 12. The van der Waals surface area contributed by atoms with Crippen molar-refractivity contribution in [3.63, 3.8) is 0 Å². The molecule has 38 nitrogen and oxygen atoms in total. The number of esters is 2. The quantitative estimate of drug-likeness (QED) is 0.00512. The van der Waals surface area contributed by atoms with E-state index in [1.807, 2.05) is 0 Å². The zero-order valence-electron chi connectivity index (χ0n) is 60.2. The summed E-state index contributed by atoms with van der Waals surface area (Å²) in [6.45, 7) is 5.03. The van der Waals surface area contributed by atoms with Gasteiger partial charge in [0.05, 0.1) is 13.2 Å². The number of nitrogens with zero attached hydrogens (tertiary/aromatic N) is 12. The zero-order chi connectivity index (χ0) is 80.0. The molecule has 18 N–H and O–H groups in total. The number of allylic oxidation sites excluding steroid dienone is 1. The minimum atomic E-state index is -1.02. The second-order valence-corrected chi connectivity index (χ2v) is 23.5. The summed E-state index contributed by atoms with van der Waals surface area (Å²) in [5.41, 5.74) is 64.1. The number of azide groups is 4. The number of rotatable bonds is 61. The Morgan fingerprint density at radius 3 is 0.942 bits per heavy atom. The van der Waals surface area contributed by atoms with Gasteiger partial charge in [-0.05, 0) is 138 Å². The van der Waals surface area contributed by atoms with Gasteiger partial charge in [0.1, 0.15) is 66.0 Å². The normalized spacial score (nSPS) is 11.6. The molecule has 0 aliphatic carbocycles. The molecule has 590 valence electrons. The van der Waals surface area contributed by atoms with Crippen LogP contribution in [0.15, 0.2) is 33.1 Å². The monoisotopic (exact) mass is 1480 g/mol. The van der Waals surface area contributed by atoms with Gasteiger partial charge in [-0.2, -0.15) is 0 Å². The highest BCUT2D eigenvalue weighted by Gasteiger charge is 2.16. The van der Waals surface area contributed by atoms with Crippen LogP contribution in [-0.2, 0) is 67.0 Å². The second-order valence-electron chi connectivity index (χ2n) is 23.5. The molecule has 104 heavy (non-hydrogen) atoms. The Morgan fingerprint density at radius 2 is 0.625 bits per heavy atom. The Kier molecular flexibility index (Phi) is 80.8. The Bertz CT molecular complexity index is 2620. The number of ketones is 4. The molecule has 0 fully saturated rings. The van der Waals surface area contributed by atoms with Crippen LogP contribution in [0.2, 0.25) is 0 Å². The molecule has 0 amide bonds. The summed E-state index contributed by atoms with van der Waals surface area (Å²) in [6.07, 6.45) is 29.7. The average Bonchev–Trinajstić information content (AvgIpc) is 1.63. The molecule has 0 bridgehead atoms. The van der Waals surface area contributed by atoms with Gasteiger partial charge in [0, 0.05) is 103 Å². The summed E-state index contributed by atoms with van der Waals surface area (Å²) >= 11 is 0. The summed E-state index contributed by atoms with van der Waals surface area (Å²) in [4.78, 5) is 140. The van der Waals surface area contributed by atoms with Crippen LogP contribution in [0.25, 0.3) is 41.8 Å². The van der Waals surface area contributed by atoms with Gasteiger partial charge in [-0.25, -0.2) is 0 Å². The highest BCUT2D eigenvalue weighted by atomic mass is 16.5. The maximum Gasteiger partial charge on any atom is 0.320 e. The fraction of sp³-hybridized carbons (Fsp3) is 0.758. The lowest BCUT2D eigenvalue weighted by atomic mass is 10.0. The highest BCUT2D eigenvalue weighted by Crippen LogP contribution is 2.12. The van der Waals surface area contributed by atoms with Crippen LogP contribution in [0.3, 0.4) is 0 Å². The molecule has 6 atom stereocenters. The van der Waals surface area contributed by atoms with Gasteiger partial charge in [0.2, 0.25) is 0 Å². The smallest absolute Gasteiger partial charge is 0.320 e. The van der Waals surface area contributed by atoms with Crippen molar-refractivity contribution in [2.24, 2.45) is 54.9 Å². The zero-order valence-corrected chi connectivity index (χ0v) is 60.2. The number of nitrogens with two attached hydrogens (primary N) is 6. The van der Waals surface area contributed by atoms with E-state index >= 15 is 0 Å². The van der Waals surface area contributed by atoms with E-state index in [0.29, 0.717) is 167 Å². The molecular formula is C66H116N18O20. The van der Waals surface area contributed by atoms with Crippen LogP contribution in [0.1, 0.15) is 244 Å². The van der Waals surface area contributed by atoms with Crippen molar-refractivity contribution >= 4 is 70.9 Å². The fourth-order valence-corrected chi connectivity index (χ4v) is 8.12. The van der Waals surface area contributed by atoms with Gasteiger partial charge in [-0.1, -0.05) is 90.7 Å². The lowest BCUT2D eigenvalue weighted by molar-refractivity contribution is -0.144. The first-order chi connectivity index (χ1) is 49.4. The molecule has 0 heterocycles. The fourth-order valence-electron chi connectivity index (χ4n) is 8.12. The Labute approximate surface area is 607 Å². The van der Waals surface area contributed by atoms with E-state index in [0.717, 1.165) is 83.5 Å². The number of ether oxygens (including phenoxy) is 2. The predicted molar refractivity (Wildman–Crippen MR) is 386 cm³/mol. The number of terminal acetylenes is 1. The Morgan fingerprint density at radius 1 is 0.356 bits per heavy atom. The van der Waals surface area contributed by atoms with Gasteiger partial charge in [-0.3, -0.25) is 57.5 Å². The molecule has 0 aromatic carbocycles.